The van der Waals surface area contributed by atoms with Crippen LogP contribution < -0.4 is 16.0 Å². The van der Waals surface area contributed by atoms with Crippen molar-refractivity contribution in [2.75, 3.05) is 19.7 Å². The van der Waals surface area contributed by atoms with Crippen LogP contribution in [0, 0.1) is 11.3 Å². The van der Waals surface area contributed by atoms with Crippen LogP contribution in [-0.4, -0.2) is 72.3 Å². The van der Waals surface area contributed by atoms with Crippen LogP contribution in [0.1, 0.15) is 64.5 Å². The van der Waals surface area contributed by atoms with E-state index in [0.717, 1.165) is 11.1 Å². The highest BCUT2D eigenvalue weighted by Gasteiger charge is 2.43. The van der Waals surface area contributed by atoms with E-state index in [4.69, 9.17) is 4.74 Å². The Morgan fingerprint density at radius 3 is 2.34 bits per heavy atom. The van der Waals surface area contributed by atoms with Gasteiger partial charge in [0.2, 0.25) is 17.6 Å². The van der Waals surface area contributed by atoms with Gasteiger partial charge >= 0.3 is 6.09 Å². The first kappa shape index (κ1) is 31.8. The number of hydrogen-bond acceptors (Lipinski definition) is 6. The zero-order chi connectivity index (χ0) is 30.2. The third-order valence-electron chi connectivity index (χ3n) is 7.41. The minimum absolute atomic E-state index is 0.139. The second kappa shape index (κ2) is 14.3. The number of hydrogen-bond donors (Lipinski definition) is 3. The molecule has 1 heterocycles. The van der Waals surface area contributed by atoms with Gasteiger partial charge in [-0.3, -0.25) is 19.2 Å². The molecule has 1 aromatic rings. The fourth-order valence-corrected chi connectivity index (χ4v) is 5.38. The molecular formula is C31H44N4O6. The molecule has 0 aromatic heterocycles. The maximum Gasteiger partial charge on any atom is 0.407 e. The van der Waals surface area contributed by atoms with Crippen molar-refractivity contribution in [3.05, 3.63) is 48.0 Å². The maximum absolute atomic E-state index is 14.0. The average Bonchev–Trinajstić information content (AvgIpc) is 3.59. The summed E-state index contributed by atoms with van der Waals surface area (Å²) in [5.74, 6) is -2.56. The Hall–Kier alpha value is -3.69. The highest BCUT2D eigenvalue weighted by Crippen LogP contribution is 2.31. The van der Waals surface area contributed by atoms with E-state index in [1.165, 1.54) is 11.0 Å². The lowest BCUT2D eigenvalue weighted by Crippen LogP contribution is -2.58. The average molecular weight is 569 g/mol. The number of carbonyl (C=O) groups is 5. The molecule has 10 heteroatoms. The predicted molar refractivity (Wildman–Crippen MR) is 155 cm³/mol. The van der Waals surface area contributed by atoms with Crippen molar-refractivity contribution in [2.45, 2.75) is 84.3 Å². The van der Waals surface area contributed by atoms with Crippen LogP contribution >= 0.6 is 0 Å². The number of amides is 4. The lowest BCUT2D eigenvalue weighted by Gasteiger charge is -2.32. The van der Waals surface area contributed by atoms with Crippen LogP contribution in [0.4, 0.5) is 4.79 Å². The van der Waals surface area contributed by atoms with Crippen molar-refractivity contribution in [3.63, 3.8) is 0 Å². The second-order valence-corrected chi connectivity index (χ2v) is 12.1. The SMILES string of the molecule is C=CCNC(=O)C(=O)C(CCC)NC(=O)[C@@H]1CCCN1C(=O)[C@@H](NC(=O)OCC(C)(C)C)C1Cc2ccccc2C1. The topological polar surface area (TPSA) is 134 Å². The molecule has 1 fully saturated rings. The largest absolute Gasteiger partial charge is 0.449 e. The summed E-state index contributed by atoms with van der Waals surface area (Å²) < 4.78 is 5.44. The van der Waals surface area contributed by atoms with E-state index in [9.17, 15) is 24.0 Å². The highest BCUT2D eigenvalue weighted by molar-refractivity contribution is 6.38. The van der Waals surface area contributed by atoms with E-state index >= 15 is 0 Å². The Balaban J connectivity index is 1.77. The van der Waals surface area contributed by atoms with Crippen molar-refractivity contribution in [1.82, 2.24) is 20.9 Å². The molecule has 1 saturated heterocycles. The summed E-state index contributed by atoms with van der Waals surface area (Å²) in [5, 5.41) is 8.00. The lowest BCUT2D eigenvalue weighted by molar-refractivity contribution is -0.143. The van der Waals surface area contributed by atoms with Crippen LogP contribution in [0.5, 0.6) is 0 Å². The van der Waals surface area contributed by atoms with E-state index in [1.54, 1.807) is 0 Å². The molecule has 0 saturated carbocycles. The second-order valence-electron chi connectivity index (χ2n) is 12.1. The van der Waals surface area contributed by atoms with E-state index in [-0.39, 0.29) is 36.8 Å². The Morgan fingerprint density at radius 2 is 1.76 bits per heavy atom. The van der Waals surface area contributed by atoms with Crippen molar-refractivity contribution in [2.24, 2.45) is 11.3 Å². The van der Waals surface area contributed by atoms with Crippen molar-refractivity contribution < 1.29 is 28.7 Å². The Morgan fingerprint density at radius 1 is 1.10 bits per heavy atom. The molecule has 1 aliphatic carbocycles. The molecule has 1 aromatic carbocycles. The Bertz CT molecular complexity index is 1120. The summed E-state index contributed by atoms with van der Waals surface area (Å²) >= 11 is 0. The van der Waals surface area contributed by atoms with E-state index in [2.05, 4.69) is 22.5 Å². The van der Waals surface area contributed by atoms with Gasteiger partial charge in [0.05, 0.1) is 12.6 Å². The molecule has 10 nitrogen and oxygen atoms in total. The molecule has 3 N–H and O–H groups in total. The van der Waals surface area contributed by atoms with Crippen LogP contribution in [0.2, 0.25) is 0 Å². The van der Waals surface area contributed by atoms with Crippen molar-refractivity contribution in [1.29, 1.82) is 0 Å². The smallest absolute Gasteiger partial charge is 0.407 e. The first-order valence-corrected chi connectivity index (χ1v) is 14.5. The van der Waals surface area contributed by atoms with Gasteiger partial charge in [-0.05, 0) is 54.6 Å². The zero-order valence-corrected chi connectivity index (χ0v) is 24.7. The first-order valence-electron chi connectivity index (χ1n) is 14.5. The molecule has 1 unspecified atom stereocenters. The van der Waals surface area contributed by atoms with Gasteiger partial charge in [-0.25, -0.2) is 4.79 Å². The van der Waals surface area contributed by atoms with E-state index < -0.39 is 41.8 Å². The molecule has 41 heavy (non-hydrogen) atoms. The van der Waals surface area contributed by atoms with Gasteiger partial charge in [-0.1, -0.05) is 64.5 Å². The summed E-state index contributed by atoms with van der Waals surface area (Å²) in [6.07, 6.45) is 3.90. The van der Waals surface area contributed by atoms with Gasteiger partial charge in [-0.15, -0.1) is 6.58 Å². The van der Waals surface area contributed by atoms with Gasteiger partial charge < -0.3 is 25.6 Å². The van der Waals surface area contributed by atoms with Gasteiger partial charge in [0, 0.05) is 13.1 Å². The summed E-state index contributed by atoms with van der Waals surface area (Å²) in [4.78, 5) is 66.8. The molecule has 1 aliphatic heterocycles. The summed E-state index contributed by atoms with van der Waals surface area (Å²) in [6.45, 7) is 11.9. The third-order valence-corrected chi connectivity index (χ3v) is 7.41. The van der Waals surface area contributed by atoms with Gasteiger partial charge in [0.25, 0.3) is 5.91 Å². The molecule has 4 amide bonds. The molecular weight excluding hydrogens is 524 g/mol. The first-order chi connectivity index (χ1) is 19.4. The summed E-state index contributed by atoms with van der Waals surface area (Å²) in [7, 11) is 0. The number of Topliss-reactive ketones (excluding diaryl/α,β-unsaturated/α-hetero) is 1. The fraction of sp³-hybridized carbons (Fsp3) is 0.581. The van der Waals surface area contributed by atoms with E-state index in [0.29, 0.717) is 38.6 Å². The monoisotopic (exact) mass is 568 g/mol. The number of nitrogens with one attached hydrogen (secondary N) is 3. The molecule has 0 spiro atoms. The zero-order valence-electron chi connectivity index (χ0n) is 24.7. The minimum atomic E-state index is -1.000. The van der Waals surface area contributed by atoms with Gasteiger partial charge in [0.1, 0.15) is 12.1 Å². The Labute approximate surface area is 242 Å². The van der Waals surface area contributed by atoms with Gasteiger partial charge in [0.15, 0.2) is 0 Å². The number of ether oxygens (including phenoxy) is 1. The molecule has 0 radical (unpaired) electrons. The van der Waals surface area contributed by atoms with Gasteiger partial charge in [-0.2, -0.15) is 0 Å². The third kappa shape index (κ3) is 8.65. The number of benzene rings is 1. The summed E-state index contributed by atoms with van der Waals surface area (Å²) in [5.41, 5.74) is 2.02. The lowest BCUT2D eigenvalue weighted by atomic mass is 9.95. The summed E-state index contributed by atoms with van der Waals surface area (Å²) in [6, 6.07) is 5.25. The Kier molecular flexibility index (Phi) is 11.1. The number of nitrogens with zero attached hydrogens (tertiary/aromatic N) is 1. The number of likely N-dealkylation sites (tertiary alicyclic amines) is 1. The number of rotatable bonds is 12. The van der Waals surface area contributed by atoms with Crippen LogP contribution in [0.3, 0.4) is 0 Å². The number of fused-ring (bicyclic) bond motifs is 1. The predicted octanol–water partition coefficient (Wildman–Crippen LogP) is 2.69. The van der Waals surface area contributed by atoms with Crippen LogP contribution in [-0.2, 0) is 36.8 Å². The maximum atomic E-state index is 14.0. The van der Waals surface area contributed by atoms with Crippen LogP contribution in [0.15, 0.2) is 36.9 Å². The number of alkyl carbamates (subject to hydrolysis) is 1. The molecule has 3 rings (SSSR count). The number of ketones is 1. The van der Waals surface area contributed by atoms with Crippen molar-refractivity contribution >= 4 is 29.6 Å². The van der Waals surface area contributed by atoms with E-state index in [1.807, 2.05) is 52.0 Å². The number of carbonyl (C=O) groups excluding carboxylic acids is 5. The highest BCUT2D eigenvalue weighted by atomic mass is 16.5. The minimum Gasteiger partial charge on any atom is -0.449 e. The van der Waals surface area contributed by atoms with Crippen molar-refractivity contribution in [3.8, 4) is 0 Å². The normalized spacial score (nSPS) is 18.1. The standard InChI is InChI=1S/C31H44N4O6/c1-6-11-23(26(36)28(38)32-15-7-2)33-27(37)24-14-10-16-35(24)29(39)25(34-30(40)41-19-31(3,4)5)22-17-20-12-8-9-13-21(20)18-22/h7-9,12-13,22-25H,2,6,10-11,14-19H2,1,3-5H3,(H,32,38)(H,33,37)(H,34,40)/t23?,24-,25-/m0/s1. The molecule has 224 valence electrons. The quantitative estimate of drug-likeness (QED) is 0.262. The molecule has 3 atom stereocenters. The molecule has 0 bridgehead atoms. The van der Waals surface area contributed by atoms with Crippen LogP contribution in [0.25, 0.3) is 0 Å². The fourth-order valence-electron chi connectivity index (χ4n) is 5.38. The molecule has 2 aliphatic rings.